The van der Waals surface area contributed by atoms with Crippen molar-refractivity contribution in [3.8, 4) is 5.75 Å². The number of rotatable bonds is 6. The van der Waals surface area contributed by atoms with Crippen molar-refractivity contribution in [1.82, 2.24) is 0 Å². The van der Waals surface area contributed by atoms with Crippen LogP contribution in [0.4, 0.5) is 0 Å². The molecule has 0 unspecified atom stereocenters. The maximum atomic E-state index is 10.7. The Kier molecular flexibility index (Phi) is 4.94. The van der Waals surface area contributed by atoms with Crippen LogP contribution in [0.5, 0.6) is 5.75 Å². The third-order valence-corrected chi connectivity index (χ3v) is 2.25. The minimum Gasteiger partial charge on any atom is -0.490 e. The fraction of sp³-hybridized carbons (Fsp3) is 0.231. The molecule has 1 aromatic carbocycles. The van der Waals surface area contributed by atoms with Crippen molar-refractivity contribution in [1.29, 1.82) is 0 Å². The van der Waals surface area contributed by atoms with Gasteiger partial charge in [-0.15, -0.1) is 0 Å². The van der Waals surface area contributed by atoms with Gasteiger partial charge in [-0.3, -0.25) is 4.79 Å². The summed E-state index contributed by atoms with van der Waals surface area (Å²) in [5.41, 5.74) is 0.905. The molecule has 17 heavy (non-hydrogen) atoms. The summed E-state index contributed by atoms with van der Waals surface area (Å²) in [6.45, 7) is 1.98. The largest absolute Gasteiger partial charge is 0.490 e. The molecule has 1 aromatic rings. The van der Waals surface area contributed by atoms with Gasteiger partial charge in [-0.2, -0.15) is 0 Å². The second kappa shape index (κ2) is 6.48. The highest BCUT2D eigenvalue weighted by Crippen LogP contribution is 2.11. The van der Waals surface area contributed by atoms with Crippen molar-refractivity contribution in [3.05, 3.63) is 41.5 Å². The maximum Gasteiger partial charge on any atom is 0.331 e. The Bertz CT molecular complexity index is 418. The first-order valence-electron chi connectivity index (χ1n) is 5.27. The summed E-state index contributed by atoms with van der Waals surface area (Å²) < 4.78 is 5.33. The van der Waals surface area contributed by atoms with E-state index in [4.69, 9.17) is 9.84 Å². The van der Waals surface area contributed by atoms with Crippen LogP contribution in [0.15, 0.2) is 35.9 Å². The normalized spacial score (nSPS) is 11.0. The van der Waals surface area contributed by atoms with Gasteiger partial charge in [0.1, 0.15) is 18.6 Å². The van der Waals surface area contributed by atoms with E-state index in [2.05, 4.69) is 0 Å². The van der Waals surface area contributed by atoms with Gasteiger partial charge in [-0.05, 0) is 36.8 Å². The number of hydrogen-bond acceptors (Lipinski definition) is 3. The summed E-state index contributed by atoms with van der Waals surface area (Å²) in [5.74, 6) is -0.319. The van der Waals surface area contributed by atoms with E-state index in [1.54, 1.807) is 31.2 Å². The molecular weight excluding hydrogens is 220 g/mol. The second-order valence-electron chi connectivity index (χ2n) is 3.39. The van der Waals surface area contributed by atoms with Gasteiger partial charge in [0.2, 0.25) is 0 Å². The maximum absolute atomic E-state index is 10.7. The zero-order valence-electron chi connectivity index (χ0n) is 9.55. The number of carboxylic acid groups (broad SMARTS) is 1. The molecule has 1 rings (SSSR count). The molecule has 90 valence electrons. The molecule has 0 aliphatic heterocycles. The van der Waals surface area contributed by atoms with Gasteiger partial charge < -0.3 is 9.84 Å². The first-order valence-corrected chi connectivity index (χ1v) is 5.27. The lowest BCUT2D eigenvalue weighted by molar-refractivity contribution is -0.132. The van der Waals surface area contributed by atoms with Crippen LogP contribution in [0.25, 0.3) is 0 Å². The molecule has 4 nitrogen and oxygen atoms in total. The number of benzene rings is 1. The van der Waals surface area contributed by atoms with Gasteiger partial charge >= 0.3 is 5.97 Å². The first kappa shape index (κ1) is 13.0. The lowest BCUT2D eigenvalue weighted by atomic mass is 10.2. The molecule has 0 saturated heterocycles. The molecule has 0 atom stereocenters. The lowest BCUT2D eigenvalue weighted by Crippen LogP contribution is -2.02. The van der Waals surface area contributed by atoms with Gasteiger partial charge in [0, 0.05) is 11.1 Å². The standard InChI is InChI=1S/C13H14O4/c1-2-11(13(15)16)7-8-17-12-5-3-10(9-14)4-6-12/h3-7,9H,2,8H2,1H3,(H,15,16). The van der Waals surface area contributed by atoms with Crippen LogP contribution in [0, 0.1) is 0 Å². The van der Waals surface area contributed by atoms with Gasteiger partial charge in [-0.25, -0.2) is 4.79 Å². The Labute approximate surface area is 99.5 Å². The number of aliphatic carboxylic acids is 1. The van der Waals surface area contributed by atoms with Crippen LogP contribution in [0.3, 0.4) is 0 Å². The summed E-state index contributed by atoms with van der Waals surface area (Å²) in [4.78, 5) is 21.1. The summed E-state index contributed by atoms with van der Waals surface area (Å²) in [7, 11) is 0. The average Bonchev–Trinajstić information content (AvgIpc) is 2.35. The summed E-state index contributed by atoms with van der Waals surface area (Å²) in [6, 6.07) is 6.63. The van der Waals surface area contributed by atoms with Crippen molar-refractivity contribution in [2.45, 2.75) is 13.3 Å². The third kappa shape index (κ3) is 4.10. The van der Waals surface area contributed by atoms with Crippen LogP contribution >= 0.6 is 0 Å². The molecule has 0 saturated carbocycles. The summed E-state index contributed by atoms with van der Waals surface area (Å²) in [5, 5.41) is 8.78. The van der Waals surface area contributed by atoms with Gasteiger partial charge in [0.25, 0.3) is 0 Å². The number of carboxylic acids is 1. The number of carbonyl (C=O) groups excluding carboxylic acids is 1. The van der Waals surface area contributed by atoms with Crippen molar-refractivity contribution in [3.63, 3.8) is 0 Å². The number of hydrogen-bond donors (Lipinski definition) is 1. The molecule has 0 aliphatic rings. The fourth-order valence-corrected chi connectivity index (χ4v) is 1.26. The molecule has 0 aliphatic carbocycles. The topological polar surface area (TPSA) is 63.6 Å². The SMILES string of the molecule is CCC(=CCOc1ccc(C=O)cc1)C(=O)O. The highest BCUT2D eigenvalue weighted by Gasteiger charge is 2.03. The molecule has 0 aromatic heterocycles. The van der Waals surface area contributed by atoms with Gasteiger partial charge in [0.15, 0.2) is 0 Å². The quantitative estimate of drug-likeness (QED) is 0.606. The zero-order chi connectivity index (χ0) is 12.7. The smallest absolute Gasteiger partial charge is 0.331 e. The molecule has 0 radical (unpaired) electrons. The van der Waals surface area contributed by atoms with Crippen molar-refractivity contribution in [2.24, 2.45) is 0 Å². The number of ether oxygens (including phenoxy) is 1. The molecule has 1 N–H and O–H groups in total. The monoisotopic (exact) mass is 234 g/mol. The van der Waals surface area contributed by atoms with Gasteiger partial charge in [-0.1, -0.05) is 6.92 Å². The third-order valence-electron chi connectivity index (χ3n) is 2.25. The average molecular weight is 234 g/mol. The molecule has 0 spiro atoms. The minimum atomic E-state index is -0.924. The molecule has 0 amide bonds. The molecule has 0 bridgehead atoms. The second-order valence-corrected chi connectivity index (χ2v) is 3.39. The van der Waals surface area contributed by atoms with E-state index in [9.17, 15) is 9.59 Å². The molecule has 0 heterocycles. The highest BCUT2D eigenvalue weighted by molar-refractivity contribution is 5.86. The first-order chi connectivity index (χ1) is 8.17. The van der Waals surface area contributed by atoms with E-state index >= 15 is 0 Å². The Morgan fingerprint density at radius 3 is 2.47 bits per heavy atom. The Balaban J connectivity index is 2.55. The van der Waals surface area contributed by atoms with E-state index in [0.29, 0.717) is 23.3 Å². The van der Waals surface area contributed by atoms with Crippen LogP contribution in [0.1, 0.15) is 23.7 Å². The van der Waals surface area contributed by atoms with Crippen LogP contribution in [-0.4, -0.2) is 24.0 Å². The predicted octanol–water partition coefficient (Wildman–Crippen LogP) is 2.30. The van der Waals surface area contributed by atoms with Gasteiger partial charge in [0.05, 0.1) is 0 Å². The summed E-state index contributed by atoms with van der Waals surface area (Å²) >= 11 is 0. The van der Waals surface area contributed by atoms with E-state index in [1.807, 2.05) is 0 Å². The van der Waals surface area contributed by atoms with Crippen LogP contribution in [0.2, 0.25) is 0 Å². The van der Waals surface area contributed by atoms with Crippen LogP contribution in [-0.2, 0) is 4.79 Å². The van der Waals surface area contributed by atoms with Crippen molar-refractivity contribution in [2.75, 3.05) is 6.61 Å². The van der Waals surface area contributed by atoms with Crippen molar-refractivity contribution >= 4 is 12.3 Å². The molecule has 4 heteroatoms. The summed E-state index contributed by atoms with van der Waals surface area (Å²) in [6.07, 6.45) is 2.75. The lowest BCUT2D eigenvalue weighted by Gasteiger charge is -2.04. The molecule has 0 fully saturated rings. The minimum absolute atomic E-state index is 0.204. The fourth-order valence-electron chi connectivity index (χ4n) is 1.26. The van der Waals surface area contributed by atoms with E-state index < -0.39 is 5.97 Å². The Morgan fingerprint density at radius 2 is 2.00 bits per heavy atom. The van der Waals surface area contributed by atoms with E-state index in [0.717, 1.165) is 6.29 Å². The molecular formula is C13H14O4. The Morgan fingerprint density at radius 1 is 1.35 bits per heavy atom. The van der Waals surface area contributed by atoms with E-state index in [-0.39, 0.29) is 6.61 Å². The number of carbonyl (C=O) groups is 2. The Hall–Kier alpha value is -2.10. The van der Waals surface area contributed by atoms with Crippen molar-refractivity contribution < 1.29 is 19.4 Å². The predicted molar refractivity (Wildman–Crippen MR) is 63.3 cm³/mol. The zero-order valence-corrected chi connectivity index (χ0v) is 9.55. The van der Waals surface area contributed by atoms with Crippen LogP contribution < -0.4 is 4.74 Å². The number of aldehydes is 1. The highest BCUT2D eigenvalue weighted by atomic mass is 16.5. The van der Waals surface area contributed by atoms with E-state index in [1.165, 1.54) is 6.08 Å².